The van der Waals surface area contributed by atoms with Gasteiger partial charge in [-0.15, -0.1) is 0 Å². The Kier molecular flexibility index (Phi) is 3.96. The lowest BCUT2D eigenvalue weighted by molar-refractivity contribution is 0.0658. The number of aromatic nitrogens is 2. The topological polar surface area (TPSA) is 59.2 Å². The molecule has 22 heavy (non-hydrogen) atoms. The Morgan fingerprint density at radius 1 is 1.32 bits per heavy atom. The Morgan fingerprint density at radius 2 is 2.09 bits per heavy atom. The quantitative estimate of drug-likeness (QED) is 0.849. The highest BCUT2D eigenvalue weighted by Crippen LogP contribution is 2.32. The first-order valence-corrected chi connectivity index (χ1v) is 7.81. The largest absolute Gasteiger partial charge is 0.337 e. The predicted octanol–water partition coefficient (Wildman–Crippen LogP) is 3.38. The molecule has 5 nitrogen and oxygen atoms in total. The number of nitrogens with zero attached hydrogens (tertiary/aromatic N) is 3. The first kappa shape index (κ1) is 14.8. The van der Waals surface area contributed by atoms with Crippen LogP contribution in [-0.2, 0) is 13.0 Å². The molecule has 1 aromatic carbocycles. The lowest BCUT2D eigenvalue weighted by atomic mass is 10.1. The third kappa shape index (κ3) is 2.63. The fraction of sp³-hybridized carbons (Fsp3) is 0.471. The van der Waals surface area contributed by atoms with Gasteiger partial charge < -0.3 is 9.42 Å². The molecule has 0 saturated carbocycles. The summed E-state index contributed by atoms with van der Waals surface area (Å²) >= 11 is 0. The van der Waals surface area contributed by atoms with Crippen molar-refractivity contribution in [2.45, 2.75) is 46.2 Å². The molecule has 0 aliphatic carbocycles. The van der Waals surface area contributed by atoms with Crippen LogP contribution in [0, 0.1) is 5.92 Å². The van der Waals surface area contributed by atoms with Gasteiger partial charge in [0.25, 0.3) is 5.91 Å². The van der Waals surface area contributed by atoms with Crippen molar-refractivity contribution in [3.63, 3.8) is 0 Å². The SMILES string of the molecule is CCC(c1nc(CC(C)C)no1)N1Cc2ccccc2C1=O. The van der Waals surface area contributed by atoms with E-state index in [-0.39, 0.29) is 11.9 Å². The van der Waals surface area contributed by atoms with Crippen LogP contribution in [0.5, 0.6) is 0 Å². The smallest absolute Gasteiger partial charge is 0.255 e. The number of carbonyl (C=O) groups excluding carboxylic acids is 1. The van der Waals surface area contributed by atoms with E-state index in [0.717, 1.165) is 24.0 Å². The number of benzene rings is 1. The van der Waals surface area contributed by atoms with Crippen molar-refractivity contribution in [3.8, 4) is 0 Å². The molecule has 0 fully saturated rings. The van der Waals surface area contributed by atoms with Crippen molar-refractivity contribution in [2.75, 3.05) is 0 Å². The van der Waals surface area contributed by atoms with Crippen molar-refractivity contribution >= 4 is 5.91 Å². The van der Waals surface area contributed by atoms with E-state index < -0.39 is 0 Å². The van der Waals surface area contributed by atoms with Crippen LogP contribution in [0.1, 0.15) is 60.9 Å². The van der Waals surface area contributed by atoms with E-state index in [0.29, 0.717) is 24.2 Å². The van der Waals surface area contributed by atoms with Gasteiger partial charge in [0.2, 0.25) is 5.89 Å². The summed E-state index contributed by atoms with van der Waals surface area (Å²) in [5.41, 5.74) is 1.84. The molecule has 1 atom stereocenters. The maximum Gasteiger partial charge on any atom is 0.255 e. The third-order valence-electron chi connectivity index (χ3n) is 3.97. The lowest BCUT2D eigenvalue weighted by Crippen LogP contribution is -2.29. The summed E-state index contributed by atoms with van der Waals surface area (Å²) in [7, 11) is 0. The molecule has 0 spiro atoms. The lowest BCUT2D eigenvalue weighted by Gasteiger charge is -2.23. The summed E-state index contributed by atoms with van der Waals surface area (Å²) in [5, 5.41) is 4.05. The summed E-state index contributed by atoms with van der Waals surface area (Å²) in [6.45, 7) is 6.88. The van der Waals surface area contributed by atoms with E-state index in [2.05, 4.69) is 24.0 Å². The second-order valence-electron chi connectivity index (χ2n) is 6.16. The van der Waals surface area contributed by atoms with Crippen molar-refractivity contribution in [1.29, 1.82) is 0 Å². The van der Waals surface area contributed by atoms with E-state index in [4.69, 9.17) is 4.52 Å². The van der Waals surface area contributed by atoms with Crippen molar-refractivity contribution in [1.82, 2.24) is 15.0 Å². The zero-order valence-electron chi connectivity index (χ0n) is 13.2. The first-order valence-electron chi connectivity index (χ1n) is 7.81. The minimum atomic E-state index is -0.159. The first-order chi connectivity index (χ1) is 10.6. The highest BCUT2D eigenvalue weighted by Gasteiger charge is 2.35. The third-order valence-corrected chi connectivity index (χ3v) is 3.97. The number of carbonyl (C=O) groups is 1. The second-order valence-corrected chi connectivity index (χ2v) is 6.16. The van der Waals surface area contributed by atoms with Crippen molar-refractivity contribution in [3.05, 3.63) is 47.1 Å². The summed E-state index contributed by atoms with van der Waals surface area (Å²) < 4.78 is 5.42. The Balaban J connectivity index is 1.84. The van der Waals surface area contributed by atoms with Gasteiger partial charge in [0.15, 0.2) is 5.82 Å². The zero-order chi connectivity index (χ0) is 15.7. The predicted molar refractivity (Wildman–Crippen MR) is 82.2 cm³/mol. The summed E-state index contributed by atoms with van der Waals surface area (Å²) in [4.78, 5) is 18.9. The monoisotopic (exact) mass is 299 g/mol. The Hall–Kier alpha value is -2.17. The van der Waals surface area contributed by atoms with Crippen LogP contribution < -0.4 is 0 Å². The Labute approximate surface area is 130 Å². The van der Waals surface area contributed by atoms with Gasteiger partial charge in [-0.2, -0.15) is 4.98 Å². The van der Waals surface area contributed by atoms with Gasteiger partial charge in [-0.1, -0.05) is 44.1 Å². The number of hydrogen-bond acceptors (Lipinski definition) is 4. The minimum Gasteiger partial charge on any atom is -0.337 e. The maximum atomic E-state index is 12.6. The molecule has 5 heteroatoms. The van der Waals surface area contributed by atoms with Crippen molar-refractivity contribution < 1.29 is 9.32 Å². The minimum absolute atomic E-state index is 0.0473. The van der Waals surface area contributed by atoms with Gasteiger partial charge in [-0.3, -0.25) is 4.79 Å². The number of rotatable bonds is 5. The molecule has 0 radical (unpaired) electrons. The number of amides is 1. The van der Waals surface area contributed by atoms with Crippen LogP contribution in [0.3, 0.4) is 0 Å². The van der Waals surface area contributed by atoms with Gasteiger partial charge in [0, 0.05) is 18.5 Å². The molecular weight excluding hydrogens is 278 g/mol. The van der Waals surface area contributed by atoms with E-state index in [1.165, 1.54) is 0 Å². The van der Waals surface area contributed by atoms with Gasteiger partial charge in [-0.05, 0) is 24.0 Å². The molecule has 2 aromatic rings. The summed E-state index contributed by atoms with van der Waals surface area (Å²) in [6, 6.07) is 7.58. The molecule has 2 heterocycles. The summed E-state index contributed by atoms with van der Waals surface area (Å²) in [5.74, 6) is 1.78. The van der Waals surface area contributed by atoms with E-state index >= 15 is 0 Å². The highest BCUT2D eigenvalue weighted by molar-refractivity contribution is 5.98. The molecule has 1 aliphatic rings. The Bertz CT molecular complexity index is 678. The fourth-order valence-electron chi connectivity index (χ4n) is 2.91. The fourth-order valence-corrected chi connectivity index (χ4v) is 2.91. The maximum absolute atomic E-state index is 12.6. The number of hydrogen-bond donors (Lipinski definition) is 0. The van der Waals surface area contributed by atoms with Crippen LogP contribution >= 0.6 is 0 Å². The molecule has 1 aromatic heterocycles. The van der Waals surface area contributed by atoms with Gasteiger partial charge in [-0.25, -0.2) is 0 Å². The molecule has 116 valence electrons. The Morgan fingerprint density at radius 3 is 2.77 bits per heavy atom. The van der Waals surface area contributed by atoms with E-state index in [1.807, 2.05) is 36.1 Å². The molecular formula is C17H21N3O2. The van der Waals surface area contributed by atoms with Gasteiger partial charge in [0.1, 0.15) is 6.04 Å². The standard InChI is InChI=1S/C17H21N3O2/c1-4-14(16-18-15(19-22-16)9-11(2)3)20-10-12-7-5-6-8-13(12)17(20)21/h5-8,11,14H,4,9-10H2,1-3H3. The average molecular weight is 299 g/mol. The summed E-state index contributed by atoms with van der Waals surface area (Å²) in [6.07, 6.45) is 1.54. The van der Waals surface area contributed by atoms with Gasteiger partial charge in [0.05, 0.1) is 0 Å². The second kappa shape index (κ2) is 5.91. The molecule has 1 unspecified atom stereocenters. The number of fused-ring (bicyclic) bond motifs is 1. The molecule has 1 amide bonds. The molecule has 0 N–H and O–H groups in total. The van der Waals surface area contributed by atoms with E-state index in [1.54, 1.807) is 0 Å². The van der Waals surface area contributed by atoms with Crippen LogP contribution in [0.4, 0.5) is 0 Å². The average Bonchev–Trinajstić information content (AvgIpc) is 3.06. The zero-order valence-corrected chi connectivity index (χ0v) is 13.2. The highest BCUT2D eigenvalue weighted by atomic mass is 16.5. The van der Waals surface area contributed by atoms with Crippen molar-refractivity contribution in [2.24, 2.45) is 5.92 Å². The normalized spacial score (nSPS) is 15.5. The molecule has 3 rings (SSSR count). The van der Waals surface area contributed by atoms with Gasteiger partial charge >= 0.3 is 0 Å². The van der Waals surface area contributed by atoms with E-state index in [9.17, 15) is 4.79 Å². The molecule has 0 saturated heterocycles. The van der Waals surface area contributed by atoms with Crippen LogP contribution in [-0.4, -0.2) is 20.9 Å². The molecule has 1 aliphatic heterocycles. The molecule has 0 bridgehead atoms. The van der Waals surface area contributed by atoms with Crippen LogP contribution in [0.25, 0.3) is 0 Å². The van der Waals surface area contributed by atoms with Crippen LogP contribution in [0.2, 0.25) is 0 Å². The van der Waals surface area contributed by atoms with Crippen LogP contribution in [0.15, 0.2) is 28.8 Å².